The van der Waals surface area contributed by atoms with Crippen molar-refractivity contribution < 1.29 is 9.59 Å². The maximum atomic E-state index is 12.7. The highest BCUT2D eigenvalue weighted by Gasteiger charge is 2.22. The molecular weight excluding hydrogens is 450 g/mol. The maximum Gasteiger partial charge on any atom is 0.255 e. The van der Waals surface area contributed by atoms with Gasteiger partial charge in [0.05, 0.1) is 11.0 Å². The minimum absolute atomic E-state index is 0.107. The molecule has 36 heavy (non-hydrogen) atoms. The Morgan fingerprint density at radius 1 is 0.889 bits per heavy atom. The maximum absolute atomic E-state index is 12.7. The third-order valence-electron chi connectivity index (χ3n) is 6.88. The second kappa shape index (κ2) is 10.3. The molecule has 2 heterocycles. The number of carbonyl (C=O) groups excluding carboxylic acids is 2. The lowest BCUT2D eigenvalue weighted by molar-refractivity contribution is 0.0637. The van der Waals surface area contributed by atoms with E-state index in [1.54, 1.807) is 0 Å². The van der Waals surface area contributed by atoms with Gasteiger partial charge in [0.15, 0.2) is 0 Å². The van der Waals surface area contributed by atoms with Crippen LogP contribution in [0.1, 0.15) is 32.1 Å². The van der Waals surface area contributed by atoms with Gasteiger partial charge in [0.25, 0.3) is 11.8 Å². The van der Waals surface area contributed by atoms with Crippen molar-refractivity contribution in [2.45, 2.75) is 13.3 Å². The summed E-state index contributed by atoms with van der Waals surface area (Å²) >= 11 is 0. The summed E-state index contributed by atoms with van der Waals surface area (Å²) in [5, 5.41) is 2.98. The molecule has 0 spiro atoms. The second-order valence-electron chi connectivity index (χ2n) is 9.36. The highest BCUT2D eigenvalue weighted by atomic mass is 16.2. The van der Waals surface area contributed by atoms with Crippen LogP contribution in [0.15, 0.2) is 72.8 Å². The molecule has 184 valence electrons. The molecule has 3 aromatic carbocycles. The van der Waals surface area contributed by atoms with E-state index in [0.717, 1.165) is 72.8 Å². The van der Waals surface area contributed by atoms with E-state index in [1.165, 1.54) is 0 Å². The lowest BCUT2D eigenvalue weighted by Crippen LogP contribution is -2.49. The largest absolute Gasteiger partial charge is 0.336 e. The molecule has 1 aromatic heterocycles. The molecule has 1 saturated heterocycles. The van der Waals surface area contributed by atoms with Crippen molar-refractivity contribution >= 4 is 28.5 Å². The molecule has 0 aliphatic carbocycles. The Kier molecular flexibility index (Phi) is 6.82. The van der Waals surface area contributed by atoms with Crippen LogP contribution in [-0.2, 0) is 13.5 Å². The molecule has 0 atom stereocenters. The number of benzene rings is 3. The number of aromatic nitrogens is 2. The molecule has 1 N–H and O–H groups in total. The van der Waals surface area contributed by atoms with Crippen molar-refractivity contribution in [1.82, 2.24) is 19.4 Å². The van der Waals surface area contributed by atoms with Gasteiger partial charge < -0.3 is 14.8 Å². The van der Waals surface area contributed by atoms with Crippen molar-refractivity contribution in [3.05, 3.63) is 95.3 Å². The minimum atomic E-state index is -0.129. The number of amides is 2. The molecule has 4 aromatic rings. The second-order valence-corrected chi connectivity index (χ2v) is 9.36. The molecule has 1 aliphatic rings. The highest BCUT2D eigenvalue weighted by molar-refractivity contribution is 6.05. The Balaban J connectivity index is 1.18. The molecule has 5 rings (SSSR count). The summed E-state index contributed by atoms with van der Waals surface area (Å²) in [7, 11) is 2.03. The van der Waals surface area contributed by atoms with Gasteiger partial charge >= 0.3 is 0 Å². The first-order valence-electron chi connectivity index (χ1n) is 12.4. The Hall–Kier alpha value is -3.97. The smallest absolute Gasteiger partial charge is 0.255 e. The third kappa shape index (κ3) is 5.16. The van der Waals surface area contributed by atoms with Crippen LogP contribution in [0.3, 0.4) is 0 Å². The fraction of sp³-hybridized carbons (Fsp3) is 0.276. The number of piperazine rings is 1. The van der Waals surface area contributed by atoms with Crippen LogP contribution in [0.2, 0.25) is 0 Å². The summed E-state index contributed by atoms with van der Waals surface area (Å²) in [6.45, 7) is 6.08. The standard InChI is InChI=1S/C29H31N5O2/c1-21-8-10-22(11-9-21)28(35)30-24-12-13-26-25(20-24)31-27(32(26)2)14-15-33-16-18-34(19-17-33)29(36)23-6-4-3-5-7-23/h3-13,20H,14-19H2,1-2H3,(H,30,35). The molecule has 0 unspecified atom stereocenters. The predicted octanol–water partition coefficient (Wildman–Crippen LogP) is 4.13. The van der Waals surface area contributed by atoms with Crippen LogP contribution in [-0.4, -0.2) is 63.9 Å². The number of rotatable bonds is 6. The van der Waals surface area contributed by atoms with Crippen molar-refractivity contribution in [1.29, 1.82) is 0 Å². The van der Waals surface area contributed by atoms with Crippen molar-refractivity contribution in [3.8, 4) is 0 Å². The Bertz CT molecular complexity index is 1370. The lowest BCUT2D eigenvalue weighted by Gasteiger charge is -2.34. The summed E-state index contributed by atoms with van der Waals surface area (Å²) in [4.78, 5) is 34.5. The number of fused-ring (bicyclic) bond motifs is 1. The predicted molar refractivity (Wildman–Crippen MR) is 142 cm³/mol. The van der Waals surface area contributed by atoms with Gasteiger partial charge in [0.1, 0.15) is 5.82 Å². The Morgan fingerprint density at radius 3 is 2.33 bits per heavy atom. The normalized spacial score (nSPS) is 14.2. The zero-order valence-corrected chi connectivity index (χ0v) is 20.8. The molecule has 7 nitrogen and oxygen atoms in total. The fourth-order valence-electron chi connectivity index (χ4n) is 4.66. The third-order valence-corrected chi connectivity index (χ3v) is 6.88. The summed E-state index contributed by atoms with van der Waals surface area (Å²) in [6, 6.07) is 22.9. The zero-order chi connectivity index (χ0) is 25.1. The molecular formula is C29H31N5O2. The van der Waals surface area contributed by atoms with E-state index in [4.69, 9.17) is 4.98 Å². The van der Waals surface area contributed by atoms with Crippen LogP contribution < -0.4 is 5.32 Å². The number of hydrogen-bond donors (Lipinski definition) is 1. The number of nitrogens with one attached hydrogen (secondary N) is 1. The molecule has 0 saturated carbocycles. The van der Waals surface area contributed by atoms with E-state index < -0.39 is 0 Å². The average molecular weight is 482 g/mol. The lowest BCUT2D eigenvalue weighted by atomic mass is 10.1. The number of imidazole rings is 1. The monoisotopic (exact) mass is 481 g/mol. The van der Waals surface area contributed by atoms with Crippen molar-refractivity contribution in [2.75, 3.05) is 38.0 Å². The van der Waals surface area contributed by atoms with E-state index in [0.29, 0.717) is 5.56 Å². The first-order valence-corrected chi connectivity index (χ1v) is 12.4. The van der Waals surface area contributed by atoms with Gasteiger partial charge in [-0.05, 0) is 49.4 Å². The van der Waals surface area contributed by atoms with Gasteiger partial charge in [-0.3, -0.25) is 14.5 Å². The number of aryl methyl sites for hydroxylation is 2. The number of carbonyl (C=O) groups is 2. The van der Waals surface area contributed by atoms with E-state index in [2.05, 4.69) is 14.8 Å². The van der Waals surface area contributed by atoms with E-state index in [1.807, 2.05) is 91.7 Å². The molecule has 1 fully saturated rings. The summed E-state index contributed by atoms with van der Waals surface area (Å²) in [5.74, 6) is 0.987. The molecule has 1 aliphatic heterocycles. The molecule has 7 heteroatoms. The van der Waals surface area contributed by atoms with Gasteiger partial charge in [-0.15, -0.1) is 0 Å². The number of hydrogen-bond acceptors (Lipinski definition) is 4. The van der Waals surface area contributed by atoms with E-state index in [9.17, 15) is 9.59 Å². The van der Waals surface area contributed by atoms with Gasteiger partial charge in [-0.25, -0.2) is 4.98 Å². The van der Waals surface area contributed by atoms with Gasteiger partial charge in [0.2, 0.25) is 0 Å². The molecule has 2 amide bonds. The Labute approximate surface area is 211 Å². The summed E-state index contributed by atoms with van der Waals surface area (Å²) in [5.41, 5.74) is 5.14. The molecule has 0 radical (unpaired) electrons. The summed E-state index contributed by atoms with van der Waals surface area (Å²) in [6.07, 6.45) is 0.822. The minimum Gasteiger partial charge on any atom is -0.336 e. The van der Waals surface area contributed by atoms with Crippen LogP contribution in [0.25, 0.3) is 11.0 Å². The molecule has 0 bridgehead atoms. The topological polar surface area (TPSA) is 70.5 Å². The average Bonchev–Trinajstić information content (AvgIpc) is 3.22. The fourth-order valence-corrected chi connectivity index (χ4v) is 4.66. The highest BCUT2D eigenvalue weighted by Crippen LogP contribution is 2.21. The number of nitrogens with zero attached hydrogens (tertiary/aromatic N) is 4. The van der Waals surface area contributed by atoms with E-state index >= 15 is 0 Å². The first-order chi connectivity index (χ1) is 17.5. The number of anilines is 1. The van der Waals surface area contributed by atoms with E-state index in [-0.39, 0.29) is 11.8 Å². The summed E-state index contributed by atoms with van der Waals surface area (Å²) < 4.78 is 2.12. The van der Waals surface area contributed by atoms with Gasteiger partial charge in [-0.2, -0.15) is 0 Å². The van der Waals surface area contributed by atoms with Crippen molar-refractivity contribution in [2.24, 2.45) is 7.05 Å². The van der Waals surface area contributed by atoms with Gasteiger partial charge in [-0.1, -0.05) is 35.9 Å². The van der Waals surface area contributed by atoms with Crippen LogP contribution in [0, 0.1) is 6.92 Å². The SMILES string of the molecule is Cc1ccc(C(=O)Nc2ccc3c(c2)nc(CCN2CCN(C(=O)c4ccccc4)CC2)n3C)cc1. The quantitative estimate of drug-likeness (QED) is 0.450. The van der Waals surface area contributed by atoms with Crippen LogP contribution in [0.4, 0.5) is 5.69 Å². The van der Waals surface area contributed by atoms with Gasteiger partial charge in [0, 0.05) is 63.0 Å². The first kappa shape index (κ1) is 23.8. The zero-order valence-electron chi connectivity index (χ0n) is 20.8. The Morgan fingerprint density at radius 2 is 1.61 bits per heavy atom. The van der Waals surface area contributed by atoms with Crippen molar-refractivity contribution in [3.63, 3.8) is 0 Å². The van der Waals surface area contributed by atoms with Crippen LogP contribution >= 0.6 is 0 Å². The van der Waals surface area contributed by atoms with Crippen LogP contribution in [0.5, 0.6) is 0 Å².